The van der Waals surface area contributed by atoms with E-state index < -0.39 is 10.0 Å². The maximum Gasteiger partial charge on any atom is 0.261 e. The average molecular weight is 351 g/mol. The lowest BCUT2D eigenvalue weighted by atomic mass is 10.1. The second kappa shape index (κ2) is 5.86. The molecule has 120 valence electrons. The molecule has 7 heteroatoms. The number of halogens is 1. The highest BCUT2D eigenvalue weighted by Gasteiger charge is 2.26. The van der Waals surface area contributed by atoms with Gasteiger partial charge >= 0.3 is 0 Å². The molecule has 0 aliphatic carbocycles. The summed E-state index contributed by atoms with van der Waals surface area (Å²) in [5.74, 6) is 0.0280. The molecule has 0 saturated heterocycles. The summed E-state index contributed by atoms with van der Waals surface area (Å²) in [5, 5.41) is 0.472. The Kier molecular flexibility index (Phi) is 4.04. The van der Waals surface area contributed by atoms with Crippen LogP contribution in [0.2, 0.25) is 5.02 Å². The van der Waals surface area contributed by atoms with Gasteiger partial charge in [0.2, 0.25) is 5.91 Å². The summed E-state index contributed by atoms with van der Waals surface area (Å²) in [6.07, 6.45) is 0.291. The van der Waals surface area contributed by atoms with Crippen molar-refractivity contribution in [2.24, 2.45) is 0 Å². The molecule has 0 aromatic heterocycles. The Labute approximate surface area is 139 Å². The number of carbonyl (C=O) groups is 1. The van der Waals surface area contributed by atoms with Crippen LogP contribution in [0.4, 0.5) is 11.4 Å². The van der Waals surface area contributed by atoms with E-state index in [9.17, 15) is 13.2 Å². The zero-order chi connectivity index (χ0) is 16.6. The van der Waals surface area contributed by atoms with Crippen LogP contribution in [-0.2, 0) is 21.2 Å². The molecule has 0 unspecified atom stereocenters. The number of nitrogens with zero attached hydrogens (tertiary/aromatic N) is 1. The van der Waals surface area contributed by atoms with Crippen LogP contribution >= 0.6 is 11.6 Å². The van der Waals surface area contributed by atoms with E-state index in [0.29, 0.717) is 23.7 Å². The van der Waals surface area contributed by atoms with Crippen molar-refractivity contribution in [3.05, 3.63) is 53.1 Å². The maximum absolute atomic E-state index is 12.4. The lowest BCUT2D eigenvalue weighted by Gasteiger charge is -2.15. The molecule has 1 aliphatic heterocycles. The molecular weight excluding hydrogens is 336 g/mol. The van der Waals surface area contributed by atoms with Crippen LogP contribution in [0.3, 0.4) is 0 Å². The van der Waals surface area contributed by atoms with E-state index in [2.05, 4.69) is 4.72 Å². The molecule has 2 aromatic rings. The fourth-order valence-corrected chi connectivity index (χ4v) is 3.80. The molecular formula is C16H15ClN2O3S. The summed E-state index contributed by atoms with van der Waals surface area (Å²) in [4.78, 5) is 13.7. The quantitative estimate of drug-likeness (QED) is 0.921. The van der Waals surface area contributed by atoms with Crippen LogP contribution in [0.5, 0.6) is 0 Å². The molecule has 5 nitrogen and oxygen atoms in total. The number of likely N-dealkylation sites (N-methyl/N-ethyl adjacent to an activating group) is 1. The number of benzene rings is 2. The van der Waals surface area contributed by atoms with E-state index in [4.69, 9.17) is 11.6 Å². The van der Waals surface area contributed by atoms with E-state index in [1.165, 1.54) is 24.3 Å². The normalized spacial score (nSPS) is 14.0. The van der Waals surface area contributed by atoms with Crippen LogP contribution < -0.4 is 9.62 Å². The average Bonchev–Trinajstić information content (AvgIpc) is 2.81. The minimum atomic E-state index is -3.69. The lowest BCUT2D eigenvalue weighted by Crippen LogP contribution is -2.25. The zero-order valence-electron chi connectivity index (χ0n) is 12.4. The molecule has 0 radical (unpaired) electrons. The van der Waals surface area contributed by atoms with Gasteiger partial charge in [-0.1, -0.05) is 11.6 Å². The molecule has 1 N–H and O–H groups in total. The van der Waals surface area contributed by atoms with Crippen LogP contribution in [0, 0.1) is 0 Å². The van der Waals surface area contributed by atoms with E-state index >= 15 is 0 Å². The Bertz CT molecular complexity index is 863. The summed E-state index contributed by atoms with van der Waals surface area (Å²) >= 11 is 5.78. The van der Waals surface area contributed by atoms with Gasteiger partial charge in [-0.2, -0.15) is 0 Å². The van der Waals surface area contributed by atoms with Crippen LogP contribution in [-0.4, -0.2) is 20.9 Å². The van der Waals surface area contributed by atoms with Crippen molar-refractivity contribution in [3.8, 4) is 0 Å². The lowest BCUT2D eigenvalue weighted by molar-refractivity contribution is -0.117. The molecule has 1 heterocycles. The highest BCUT2D eigenvalue weighted by Crippen LogP contribution is 2.31. The summed E-state index contributed by atoms with van der Waals surface area (Å²) < 4.78 is 27.3. The number of carbonyl (C=O) groups excluding carboxylic acids is 1. The van der Waals surface area contributed by atoms with Crippen molar-refractivity contribution in [2.75, 3.05) is 16.2 Å². The number of hydrogen-bond donors (Lipinski definition) is 1. The first-order valence-electron chi connectivity index (χ1n) is 7.12. The van der Waals surface area contributed by atoms with Gasteiger partial charge in [0.15, 0.2) is 0 Å². The second-order valence-corrected chi connectivity index (χ2v) is 7.34. The summed E-state index contributed by atoms with van der Waals surface area (Å²) in [6.45, 7) is 2.51. The first-order valence-corrected chi connectivity index (χ1v) is 8.98. The van der Waals surface area contributed by atoms with E-state index in [0.717, 1.165) is 11.3 Å². The molecule has 2 aromatic carbocycles. The third-order valence-corrected chi connectivity index (χ3v) is 5.35. The number of fused-ring (bicyclic) bond motifs is 1. The summed E-state index contributed by atoms with van der Waals surface area (Å²) in [7, 11) is -3.69. The van der Waals surface area contributed by atoms with Crippen molar-refractivity contribution in [2.45, 2.75) is 18.2 Å². The molecule has 0 bridgehead atoms. The molecule has 1 aliphatic rings. The topological polar surface area (TPSA) is 66.5 Å². The fourth-order valence-electron chi connectivity index (χ4n) is 2.62. The Morgan fingerprint density at radius 3 is 2.52 bits per heavy atom. The second-order valence-electron chi connectivity index (χ2n) is 5.22. The van der Waals surface area contributed by atoms with Crippen molar-refractivity contribution in [1.29, 1.82) is 0 Å². The SMILES string of the molecule is CCN1C(=O)Cc2cc(NS(=O)(=O)c3ccc(Cl)cc3)ccc21. The third kappa shape index (κ3) is 3.04. The van der Waals surface area contributed by atoms with Gasteiger partial charge in [-0.05, 0) is 55.0 Å². The van der Waals surface area contributed by atoms with Gasteiger partial charge in [0.25, 0.3) is 10.0 Å². The van der Waals surface area contributed by atoms with Crippen LogP contribution in [0.1, 0.15) is 12.5 Å². The van der Waals surface area contributed by atoms with Crippen molar-refractivity contribution in [3.63, 3.8) is 0 Å². The minimum Gasteiger partial charge on any atom is -0.312 e. The number of rotatable bonds is 4. The van der Waals surface area contributed by atoms with Gasteiger partial charge < -0.3 is 4.90 Å². The van der Waals surface area contributed by atoms with Gasteiger partial charge in [0.05, 0.1) is 11.3 Å². The van der Waals surface area contributed by atoms with E-state index in [1.54, 1.807) is 23.1 Å². The van der Waals surface area contributed by atoms with Gasteiger partial charge in [0.1, 0.15) is 0 Å². The Morgan fingerprint density at radius 2 is 1.87 bits per heavy atom. The molecule has 0 spiro atoms. The number of amides is 1. The standard InChI is InChI=1S/C16H15ClN2O3S/c1-2-19-15-8-5-13(9-11(15)10-16(19)20)18-23(21,22)14-6-3-12(17)4-7-14/h3-9,18H,2,10H2,1H3. The maximum atomic E-state index is 12.4. The van der Waals surface area contributed by atoms with Crippen molar-refractivity contribution >= 4 is 38.9 Å². The van der Waals surface area contributed by atoms with E-state index in [1.807, 2.05) is 6.92 Å². The molecule has 0 saturated carbocycles. The van der Waals surface area contributed by atoms with E-state index in [-0.39, 0.29) is 10.8 Å². The van der Waals surface area contributed by atoms with Gasteiger partial charge in [-0.3, -0.25) is 9.52 Å². The van der Waals surface area contributed by atoms with Gasteiger partial charge in [-0.25, -0.2) is 8.42 Å². The predicted octanol–water partition coefficient (Wildman–Crippen LogP) is 3.05. The molecule has 23 heavy (non-hydrogen) atoms. The van der Waals surface area contributed by atoms with Crippen LogP contribution in [0.15, 0.2) is 47.4 Å². The number of anilines is 2. The van der Waals surface area contributed by atoms with Crippen molar-refractivity contribution < 1.29 is 13.2 Å². The molecule has 0 fully saturated rings. The van der Waals surface area contributed by atoms with Crippen molar-refractivity contribution in [1.82, 2.24) is 0 Å². The summed E-state index contributed by atoms with van der Waals surface area (Å²) in [6, 6.07) is 11.1. The Balaban J connectivity index is 1.88. The highest BCUT2D eigenvalue weighted by atomic mass is 35.5. The molecule has 1 amide bonds. The minimum absolute atomic E-state index is 0.0280. The monoisotopic (exact) mass is 350 g/mol. The molecule has 0 atom stereocenters. The zero-order valence-corrected chi connectivity index (χ0v) is 14.0. The number of nitrogens with one attached hydrogen (secondary N) is 1. The predicted molar refractivity (Wildman–Crippen MR) is 90.4 cm³/mol. The smallest absolute Gasteiger partial charge is 0.261 e. The fraction of sp³-hybridized carbons (Fsp3) is 0.188. The Hall–Kier alpha value is -2.05. The first-order chi connectivity index (χ1) is 10.9. The third-order valence-electron chi connectivity index (χ3n) is 3.71. The van der Waals surface area contributed by atoms with Crippen LogP contribution in [0.25, 0.3) is 0 Å². The number of sulfonamides is 1. The largest absolute Gasteiger partial charge is 0.312 e. The Morgan fingerprint density at radius 1 is 1.17 bits per heavy atom. The first kappa shape index (κ1) is 15.8. The number of hydrogen-bond acceptors (Lipinski definition) is 3. The summed E-state index contributed by atoms with van der Waals surface area (Å²) in [5.41, 5.74) is 2.10. The molecule has 3 rings (SSSR count). The van der Waals surface area contributed by atoms with Gasteiger partial charge in [0, 0.05) is 22.9 Å². The van der Waals surface area contributed by atoms with Gasteiger partial charge in [-0.15, -0.1) is 0 Å². The highest BCUT2D eigenvalue weighted by molar-refractivity contribution is 7.92.